The highest BCUT2D eigenvalue weighted by molar-refractivity contribution is 6.31. The number of hydrogen-bond acceptors (Lipinski definition) is 5. The maximum atomic E-state index is 12.3. The van der Waals surface area contributed by atoms with Gasteiger partial charge in [0.2, 0.25) is 0 Å². The number of benzene rings is 2. The number of aryl methyl sites for hydroxylation is 2. The van der Waals surface area contributed by atoms with Gasteiger partial charge in [0.05, 0.1) is 16.3 Å². The van der Waals surface area contributed by atoms with E-state index in [0.717, 1.165) is 5.56 Å². The van der Waals surface area contributed by atoms with Crippen LogP contribution in [0.15, 0.2) is 48.5 Å². The Labute approximate surface area is 165 Å². The molecular weight excluding hydrogens is 384 g/mol. The predicted octanol–water partition coefficient (Wildman–Crippen LogP) is 4.07. The first-order valence-corrected chi connectivity index (χ1v) is 8.71. The van der Waals surface area contributed by atoms with Gasteiger partial charge < -0.3 is 10.1 Å². The number of ether oxygens (including phenoxy) is 1. The van der Waals surface area contributed by atoms with Gasteiger partial charge in [-0.1, -0.05) is 11.6 Å². The summed E-state index contributed by atoms with van der Waals surface area (Å²) >= 11 is 5.97. The Morgan fingerprint density at radius 2 is 1.93 bits per heavy atom. The van der Waals surface area contributed by atoms with Gasteiger partial charge in [-0.2, -0.15) is 5.10 Å². The zero-order chi connectivity index (χ0) is 20.3. The molecule has 9 heteroatoms. The van der Waals surface area contributed by atoms with Gasteiger partial charge in [0, 0.05) is 23.2 Å². The van der Waals surface area contributed by atoms with Crippen LogP contribution in [-0.2, 0) is 4.79 Å². The van der Waals surface area contributed by atoms with Gasteiger partial charge in [-0.3, -0.25) is 14.9 Å². The monoisotopic (exact) mass is 400 g/mol. The van der Waals surface area contributed by atoms with Crippen LogP contribution in [0.1, 0.15) is 11.3 Å². The number of anilines is 1. The van der Waals surface area contributed by atoms with Crippen LogP contribution in [0.25, 0.3) is 5.69 Å². The van der Waals surface area contributed by atoms with Gasteiger partial charge in [0.25, 0.3) is 11.6 Å². The highest BCUT2D eigenvalue weighted by Crippen LogP contribution is 2.22. The molecule has 28 heavy (non-hydrogen) atoms. The number of nitro groups is 1. The van der Waals surface area contributed by atoms with Crippen molar-refractivity contribution in [3.05, 3.63) is 74.9 Å². The fraction of sp³-hybridized carbons (Fsp3) is 0.158. The molecular formula is C19H17ClN4O4. The number of carbonyl (C=O) groups is 1. The van der Waals surface area contributed by atoms with E-state index in [1.807, 2.05) is 6.92 Å². The molecule has 1 aromatic heterocycles. The number of nitrogens with one attached hydrogen (secondary N) is 1. The first-order valence-electron chi connectivity index (χ1n) is 8.34. The predicted molar refractivity (Wildman–Crippen MR) is 105 cm³/mol. The average Bonchev–Trinajstić information content (AvgIpc) is 3.03. The van der Waals surface area contributed by atoms with Crippen molar-refractivity contribution in [1.29, 1.82) is 0 Å². The van der Waals surface area contributed by atoms with Crippen LogP contribution in [0.4, 0.5) is 11.5 Å². The largest absolute Gasteiger partial charge is 0.484 e. The van der Waals surface area contributed by atoms with Crippen molar-refractivity contribution in [1.82, 2.24) is 9.78 Å². The topological polar surface area (TPSA) is 99.3 Å². The van der Waals surface area contributed by atoms with Crippen molar-refractivity contribution >= 4 is 29.0 Å². The summed E-state index contributed by atoms with van der Waals surface area (Å²) in [5, 5.41) is 18.5. The highest BCUT2D eigenvalue weighted by Gasteiger charge is 2.13. The maximum absolute atomic E-state index is 12.3. The van der Waals surface area contributed by atoms with E-state index in [1.165, 1.54) is 16.8 Å². The van der Waals surface area contributed by atoms with Crippen LogP contribution in [0.2, 0.25) is 5.02 Å². The minimum atomic E-state index is -0.476. The number of carbonyl (C=O) groups excluding carboxylic acids is 1. The van der Waals surface area contributed by atoms with E-state index < -0.39 is 4.92 Å². The molecule has 0 bridgehead atoms. The minimum Gasteiger partial charge on any atom is -0.484 e. The third-order valence-corrected chi connectivity index (χ3v) is 4.33. The molecule has 0 radical (unpaired) electrons. The second-order valence-corrected chi connectivity index (χ2v) is 6.51. The number of hydrogen-bond donors (Lipinski definition) is 1. The normalized spacial score (nSPS) is 10.5. The summed E-state index contributed by atoms with van der Waals surface area (Å²) in [7, 11) is 0. The second kappa shape index (κ2) is 8.10. The SMILES string of the molecule is Cc1cc(NC(=O)COc2ccc(Cl)c(C)c2)n(-c2ccc([N+](=O)[O-])cc2)n1. The molecule has 0 aliphatic carbocycles. The summed E-state index contributed by atoms with van der Waals surface area (Å²) in [4.78, 5) is 22.6. The molecule has 0 aliphatic heterocycles. The minimum absolute atomic E-state index is 0.0233. The lowest BCUT2D eigenvalue weighted by molar-refractivity contribution is -0.384. The Hall–Kier alpha value is -3.39. The van der Waals surface area contributed by atoms with E-state index in [0.29, 0.717) is 28.0 Å². The summed E-state index contributed by atoms with van der Waals surface area (Å²) < 4.78 is 7.00. The van der Waals surface area contributed by atoms with Crippen LogP contribution < -0.4 is 10.1 Å². The molecule has 0 unspecified atom stereocenters. The summed E-state index contributed by atoms with van der Waals surface area (Å²) in [6, 6.07) is 12.7. The molecule has 2 aromatic carbocycles. The van der Waals surface area contributed by atoms with Crippen molar-refractivity contribution in [2.24, 2.45) is 0 Å². The zero-order valence-corrected chi connectivity index (χ0v) is 15.9. The van der Waals surface area contributed by atoms with E-state index in [1.54, 1.807) is 43.3 Å². The lowest BCUT2D eigenvalue weighted by atomic mass is 10.2. The number of aromatic nitrogens is 2. The van der Waals surface area contributed by atoms with E-state index in [4.69, 9.17) is 16.3 Å². The van der Waals surface area contributed by atoms with Gasteiger partial charge in [0.1, 0.15) is 11.6 Å². The van der Waals surface area contributed by atoms with Crippen LogP contribution >= 0.6 is 11.6 Å². The first-order chi connectivity index (χ1) is 13.3. The van der Waals surface area contributed by atoms with E-state index >= 15 is 0 Å². The Balaban J connectivity index is 1.71. The summed E-state index contributed by atoms with van der Waals surface area (Å²) in [6.07, 6.45) is 0. The number of rotatable bonds is 6. The van der Waals surface area contributed by atoms with Crippen molar-refractivity contribution in [2.45, 2.75) is 13.8 Å². The Bertz CT molecular complexity index is 1030. The van der Waals surface area contributed by atoms with Gasteiger partial charge >= 0.3 is 0 Å². The zero-order valence-electron chi connectivity index (χ0n) is 15.2. The molecule has 0 aliphatic rings. The maximum Gasteiger partial charge on any atom is 0.269 e. The van der Waals surface area contributed by atoms with Crippen LogP contribution in [0, 0.1) is 24.0 Å². The van der Waals surface area contributed by atoms with Crippen molar-refractivity contribution in [3.8, 4) is 11.4 Å². The average molecular weight is 401 g/mol. The summed E-state index contributed by atoms with van der Waals surface area (Å²) in [6.45, 7) is 3.44. The third-order valence-electron chi connectivity index (χ3n) is 3.90. The molecule has 8 nitrogen and oxygen atoms in total. The quantitative estimate of drug-likeness (QED) is 0.496. The highest BCUT2D eigenvalue weighted by atomic mass is 35.5. The van der Waals surface area contributed by atoms with E-state index in [2.05, 4.69) is 10.4 Å². The lowest BCUT2D eigenvalue weighted by Gasteiger charge is -2.10. The molecule has 144 valence electrons. The number of nitrogens with zero attached hydrogens (tertiary/aromatic N) is 3. The molecule has 0 spiro atoms. The molecule has 1 amide bonds. The standard InChI is InChI=1S/C19H17ClN4O4/c1-12-9-16(7-8-17(12)20)28-11-19(25)21-18-10-13(2)22-23(18)14-3-5-15(6-4-14)24(26)27/h3-10H,11H2,1-2H3,(H,21,25). The number of amides is 1. The lowest BCUT2D eigenvalue weighted by Crippen LogP contribution is -2.21. The molecule has 3 rings (SSSR count). The third kappa shape index (κ3) is 4.47. The van der Waals surface area contributed by atoms with Crippen molar-refractivity contribution < 1.29 is 14.5 Å². The molecule has 1 heterocycles. The molecule has 0 saturated heterocycles. The number of halogens is 1. The van der Waals surface area contributed by atoms with Crippen molar-refractivity contribution in [3.63, 3.8) is 0 Å². The Kier molecular flexibility index (Phi) is 5.60. The smallest absolute Gasteiger partial charge is 0.269 e. The Morgan fingerprint density at radius 3 is 2.57 bits per heavy atom. The molecule has 0 saturated carbocycles. The fourth-order valence-corrected chi connectivity index (χ4v) is 2.65. The van der Waals surface area contributed by atoms with Crippen LogP contribution in [0.5, 0.6) is 5.75 Å². The van der Waals surface area contributed by atoms with Gasteiger partial charge in [-0.15, -0.1) is 0 Å². The molecule has 3 aromatic rings. The van der Waals surface area contributed by atoms with Gasteiger partial charge in [-0.05, 0) is 49.7 Å². The molecule has 1 N–H and O–H groups in total. The van der Waals surface area contributed by atoms with Crippen molar-refractivity contribution in [2.75, 3.05) is 11.9 Å². The van der Waals surface area contributed by atoms with Gasteiger partial charge in [-0.25, -0.2) is 4.68 Å². The van der Waals surface area contributed by atoms with Gasteiger partial charge in [0.15, 0.2) is 6.61 Å². The van der Waals surface area contributed by atoms with E-state index in [-0.39, 0.29) is 18.2 Å². The summed E-state index contributed by atoms with van der Waals surface area (Å²) in [5.41, 5.74) is 2.10. The number of non-ortho nitro benzene ring substituents is 1. The fourth-order valence-electron chi connectivity index (χ4n) is 2.54. The first kappa shape index (κ1) is 19.4. The van der Waals surface area contributed by atoms with Crippen LogP contribution in [0.3, 0.4) is 0 Å². The molecule has 0 atom stereocenters. The number of nitro benzene ring substituents is 1. The summed E-state index contributed by atoms with van der Waals surface area (Å²) in [5.74, 6) is 0.611. The Morgan fingerprint density at radius 1 is 1.21 bits per heavy atom. The van der Waals surface area contributed by atoms with E-state index in [9.17, 15) is 14.9 Å². The van der Waals surface area contributed by atoms with Crippen LogP contribution in [-0.4, -0.2) is 27.2 Å². The second-order valence-electron chi connectivity index (χ2n) is 6.10. The molecule has 0 fully saturated rings.